The van der Waals surface area contributed by atoms with Crippen molar-refractivity contribution in [2.75, 3.05) is 32.2 Å². The Kier molecular flexibility index (Phi) is 4.56. The molecule has 9 heteroatoms. The largest absolute Gasteiger partial charge is 0.486 e. The summed E-state index contributed by atoms with van der Waals surface area (Å²) in [6.07, 6.45) is 1.66. The Morgan fingerprint density at radius 2 is 2.00 bits per heavy atom. The molecule has 1 amide bonds. The minimum absolute atomic E-state index is 0.0535. The summed E-state index contributed by atoms with van der Waals surface area (Å²) in [5.41, 5.74) is 6.86. The third-order valence-corrected chi connectivity index (χ3v) is 4.20. The summed E-state index contributed by atoms with van der Waals surface area (Å²) >= 11 is 0. The molecule has 0 fully saturated rings. The third kappa shape index (κ3) is 3.34. The SMILES string of the molecule is CN(C)c1ncccc1-c1nc(CC(N)=O)nn1-c1ccc2c(c1)OCCO2. The van der Waals surface area contributed by atoms with E-state index in [2.05, 4.69) is 15.1 Å². The molecule has 0 bridgehead atoms. The maximum Gasteiger partial charge on any atom is 0.225 e. The Hall–Kier alpha value is -3.62. The van der Waals surface area contributed by atoms with Crippen LogP contribution in [0.2, 0.25) is 0 Å². The molecule has 4 rings (SSSR count). The molecular formula is C19H20N6O3. The number of anilines is 1. The number of rotatable bonds is 5. The molecule has 9 nitrogen and oxygen atoms in total. The van der Waals surface area contributed by atoms with Gasteiger partial charge in [0.15, 0.2) is 23.1 Å². The Bertz CT molecular complexity index is 1030. The zero-order valence-electron chi connectivity index (χ0n) is 15.6. The summed E-state index contributed by atoms with van der Waals surface area (Å²) in [6, 6.07) is 9.28. The van der Waals surface area contributed by atoms with Crippen molar-refractivity contribution >= 4 is 11.7 Å². The first-order valence-electron chi connectivity index (χ1n) is 8.80. The van der Waals surface area contributed by atoms with Gasteiger partial charge in [-0.05, 0) is 24.3 Å². The topological polar surface area (TPSA) is 108 Å². The Labute approximate surface area is 161 Å². The average molecular weight is 380 g/mol. The number of carbonyl (C=O) groups excluding carboxylic acids is 1. The van der Waals surface area contributed by atoms with Gasteiger partial charge in [-0.15, -0.1) is 0 Å². The molecule has 0 spiro atoms. The smallest absolute Gasteiger partial charge is 0.225 e. The molecule has 2 aromatic heterocycles. The first-order valence-corrected chi connectivity index (χ1v) is 8.80. The van der Waals surface area contributed by atoms with Gasteiger partial charge in [0.2, 0.25) is 5.91 Å². The van der Waals surface area contributed by atoms with Crippen LogP contribution in [-0.2, 0) is 11.2 Å². The van der Waals surface area contributed by atoms with Crippen LogP contribution >= 0.6 is 0 Å². The van der Waals surface area contributed by atoms with Gasteiger partial charge in [-0.2, -0.15) is 5.10 Å². The van der Waals surface area contributed by atoms with E-state index in [0.29, 0.717) is 36.4 Å². The zero-order chi connectivity index (χ0) is 19.7. The van der Waals surface area contributed by atoms with E-state index in [4.69, 9.17) is 15.2 Å². The molecule has 0 atom stereocenters. The van der Waals surface area contributed by atoms with E-state index in [-0.39, 0.29) is 6.42 Å². The van der Waals surface area contributed by atoms with Crippen LogP contribution in [0, 0.1) is 0 Å². The van der Waals surface area contributed by atoms with Crippen molar-refractivity contribution in [2.45, 2.75) is 6.42 Å². The van der Waals surface area contributed by atoms with Crippen LogP contribution in [0.1, 0.15) is 5.82 Å². The summed E-state index contributed by atoms with van der Waals surface area (Å²) in [4.78, 5) is 22.3. The van der Waals surface area contributed by atoms with E-state index in [1.165, 1.54) is 0 Å². The van der Waals surface area contributed by atoms with Gasteiger partial charge >= 0.3 is 0 Å². The highest BCUT2D eigenvalue weighted by molar-refractivity contribution is 5.76. The lowest BCUT2D eigenvalue weighted by Crippen LogP contribution is -2.16. The molecule has 0 saturated heterocycles. The minimum Gasteiger partial charge on any atom is -0.486 e. The summed E-state index contributed by atoms with van der Waals surface area (Å²) in [5.74, 6) is 2.46. The lowest BCUT2D eigenvalue weighted by Gasteiger charge is -2.19. The van der Waals surface area contributed by atoms with Gasteiger partial charge in [-0.1, -0.05) is 0 Å². The highest BCUT2D eigenvalue weighted by Crippen LogP contribution is 2.34. The highest BCUT2D eigenvalue weighted by Gasteiger charge is 2.21. The molecule has 0 radical (unpaired) electrons. The minimum atomic E-state index is -0.495. The fourth-order valence-corrected chi connectivity index (χ4v) is 3.03. The van der Waals surface area contributed by atoms with Crippen molar-refractivity contribution in [3.8, 4) is 28.6 Å². The Balaban J connectivity index is 1.87. The lowest BCUT2D eigenvalue weighted by molar-refractivity contribution is -0.117. The van der Waals surface area contributed by atoms with Crippen LogP contribution in [-0.4, -0.2) is 53.0 Å². The van der Waals surface area contributed by atoms with E-state index in [9.17, 15) is 4.79 Å². The number of nitrogens with zero attached hydrogens (tertiary/aromatic N) is 5. The number of ether oxygens (including phenoxy) is 2. The molecule has 0 aliphatic carbocycles. The van der Waals surface area contributed by atoms with Gasteiger partial charge in [-0.3, -0.25) is 4.79 Å². The number of primary amides is 1. The van der Waals surface area contributed by atoms with Crippen molar-refractivity contribution in [2.24, 2.45) is 5.73 Å². The van der Waals surface area contributed by atoms with Gasteiger partial charge in [-0.25, -0.2) is 14.6 Å². The molecule has 0 saturated carbocycles. The summed E-state index contributed by atoms with van der Waals surface area (Å²) in [5, 5.41) is 4.51. The fourth-order valence-electron chi connectivity index (χ4n) is 3.03. The number of pyridine rings is 1. The van der Waals surface area contributed by atoms with Gasteiger partial charge < -0.3 is 20.1 Å². The molecule has 2 N–H and O–H groups in total. The Morgan fingerprint density at radius 1 is 1.21 bits per heavy atom. The second-order valence-electron chi connectivity index (χ2n) is 6.50. The quantitative estimate of drug-likeness (QED) is 0.708. The normalized spacial score (nSPS) is 12.6. The van der Waals surface area contributed by atoms with Crippen molar-refractivity contribution in [1.82, 2.24) is 19.7 Å². The molecule has 1 aliphatic heterocycles. The van der Waals surface area contributed by atoms with Crippen molar-refractivity contribution in [3.63, 3.8) is 0 Å². The number of fused-ring (bicyclic) bond motifs is 1. The van der Waals surface area contributed by atoms with Crippen molar-refractivity contribution in [3.05, 3.63) is 42.4 Å². The maximum atomic E-state index is 11.4. The van der Waals surface area contributed by atoms with E-state index >= 15 is 0 Å². The summed E-state index contributed by atoms with van der Waals surface area (Å²) < 4.78 is 12.9. The molecular weight excluding hydrogens is 360 g/mol. The van der Waals surface area contributed by atoms with Crippen LogP contribution < -0.4 is 20.1 Å². The predicted octanol–water partition coefficient (Wildman–Crippen LogP) is 1.19. The highest BCUT2D eigenvalue weighted by atomic mass is 16.6. The predicted molar refractivity (Wildman–Crippen MR) is 103 cm³/mol. The molecule has 3 aromatic rings. The maximum absolute atomic E-state index is 11.4. The number of hydrogen-bond donors (Lipinski definition) is 1. The number of nitrogens with two attached hydrogens (primary N) is 1. The monoisotopic (exact) mass is 380 g/mol. The van der Waals surface area contributed by atoms with Gasteiger partial charge in [0.25, 0.3) is 0 Å². The van der Waals surface area contributed by atoms with E-state index in [1.54, 1.807) is 10.9 Å². The number of aromatic nitrogens is 4. The van der Waals surface area contributed by atoms with E-state index in [0.717, 1.165) is 17.1 Å². The van der Waals surface area contributed by atoms with Crippen LogP contribution in [0.25, 0.3) is 17.1 Å². The average Bonchev–Trinajstić information content (AvgIpc) is 3.10. The van der Waals surface area contributed by atoms with Gasteiger partial charge in [0, 0.05) is 26.4 Å². The fraction of sp³-hybridized carbons (Fsp3) is 0.263. The number of carbonyl (C=O) groups is 1. The van der Waals surface area contributed by atoms with Gasteiger partial charge in [0.05, 0.1) is 17.7 Å². The van der Waals surface area contributed by atoms with Crippen LogP contribution in [0.15, 0.2) is 36.5 Å². The van der Waals surface area contributed by atoms with Crippen LogP contribution in [0.5, 0.6) is 11.5 Å². The summed E-state index contributed by atoms with van der Waals surface area (Å²) in [7, 11) is 3.81. The number of benzene rings is 1. The third-order valence-electron chi connectivity index (χ3n) is 4.20. The van der Waals surface area contributed by atoms with E-state index < -0.39 is 5.91 Å². The first kappa shape index (κ1) is 17.8. The van der Waals surface area contributed by atoms with E-state index in [1.807, 2.05) is 49.3 Å². The molecule has 28 heavy (non-hydrogen) atoms. The molecule has 144 valence electrons. The zero-order valence-corrected chi connectivity index (χ0v) is 15.6. The molecule has 0 unspecified atom stereocenters. The second-order valence-corrected chi connectivity index (χ2v) is 6.50. The summed E-state index contributed by atoms with van der Waals surface area (Å²) in [6.45, 7) is 1.01. The first-order chi connectivity index (χ1) is 13.5. The van der Waals surface area contributed by atoms with Gasteiger partial charge in [0.1, 0.15) is 19.0 Å². The second kappa shape index (κ2) is 7.18. The molecule has 1 aromatic carbocycles. The van der Waals surface area contributed by atoms with Crippen molar-refractivity contribution in [1.29, 1.82) is 0 Å². The lowest BCUT2D eigenvalue weighted by atomic mass is 10.2. The number of amides is 1. The van der Waals surface area contributed by atoms with Crippen LogP contribution in [0.4, 0.5) is 5.82 Å². The van der Waals surface area contributed by atoms with Crippen molar-refractivity contribution < 1.29 is 14.3 Å². The van der Waals surface area contributed by atoms with Crippen LogP contribution in [0.3, 0.4) is 0 Å². The number of hydrogen-bond acceptors (Lipinski definition) is 7. The molecule has 3 heterocycles. The Morgan fingerprint density at radius 3 is 2.75 bits per heavy atom. The standard InChI is InChI=1S/C19H20N6O3/c1-24(2)18-13(4-3-7-21-18)19-22-17(11-16(20)26)23-25(19)12-5-6-14-15(10-12)28-9-8-27-14/h3-7,10H,8-9,11H2,1-2H3,(H2,20,26). The molecule has 1 aliphatic rings.